The maximum Gasteiger partial charge on any atom is 0.304 e. The standard InChI is InChI=1S/C23H19Cl2NO3S/c1-2-4-16(11-23(27)28)15-7-9-18(10-8-15)29-13-17-14-30-22(26-17)12-19-20(24)5-3-6-21(19)25/h3,5-10,14,16H,11-13H2,1H3,(H,27,28)/t16-/m0/s1. The SMILES string of the molecule is CC#C[C@@H](CC(=O)O)c1ccc(OCc2csc(Cc3c(Cl)cccc3Cl)n2)cc1. The minimum absolute atomic E-state index is 0.0297. The number of hydrogen-bond acceptors (Lipinski definition) is 4. The first-order chi connectivity index (χ1) is 14.5. The van der Waals surface area contributed by atoms with E-state index in [0.29, 0.717) is 28.8 Å². The summed E-state index contributed by atoms with van der Waals surface area (Å²) in [5.74, 6) is 5.20. The number of nitrogens with zero attached hydrogens (tertiary/aromatic N) is 1. The predicted octanol–water partition coefficient (Wildman–Crippen LogP) is 6.20. The van der Waals surface area contributed by atoms with E-state index in [9.17, 15) is 4.79 Å². The molecule has 1 atom stereocenters. The van der Waals surface area contributed by atoms with Crippen molar-refractivity contribution >= 4 is 40.5 Å². The minimum atomic E-state index is -0.875. The molecule has 7 heteroatoms. The third-order valence-electron chi connectivity index (χ3n) is 4.36. The second kappa shape index (κ2) is 10.5. The monoisotopic (exact) mass is 459 g/mol. The molecule has 0 aliphatic heterocycles. The van der Waals surface area contributed by atoms with Crippen molar-refractivity contribution in [1.82, 2.24) is 4.98 Å². The summed E-state index contributed by atoms with van der Waals surface area (Å²) in [6, 6.07) is 12.8. The Labute approximate surface area is 189 Å². The van der Waals surface area contributed by atoms with Crippen LogP contribution < -0.4 is 4.74 Å². The summed E-state index contributed by atoms with van der Waals surface area (Å²) in [6.45, 7) is 2.04. The van der Waals surface area contributed by atoms with E-state index in [1.807, 2.05) is 47.8 Å². The highest BCUT2D eigenvalue weighted by atomic mass is 35.5. The number of rotatable bonds is 8. The first kappa shape index (κ1) is 22.2. The summed E-state index contributed by atoms with van der Waals surface area (Å²) >= 11 is 14.0. The number of ether oxygens (including phenoxy) is 1. The van der Waals surface area contributed by atoms with Gasteiger partial charge in [0.25, 0.3) is 0 Å². The van der Waals surface area contributed by atoms with Crippen molar-refractivity contribution in [3.8, 4) is 17.6 Å². The molecule has 0 unspecified atom stereocenters. The average Bonchev–Trinajstić information content (AvgIpc) is 3.17. The molecule has 0 spiro atoms. The van der Waals surface area contributed by atoms with Gasteiger partial charge in [0.2, 0.25) is 0 Å². The van der Waals surface area contributed by atoms with Gasteiger partial charge in [0.1, 0.15) is 12.4 Å². The second-order valence-electron chi connectivity index (χ2n) is 6.51. The predicted molar refractivity (Wildman–Crippen MR) is 121 cm³/mol. The van der Waals surface area contributed by atoms with Gasteiger partial charge in [0, 0.05) is 21.8 Å². The van der Waals surface area contributed by atoms with Gasteiger partial charge in [0.15, 0.2) is 0 Å². The lowest BCUT2D eigenvalue weighted by Crippen LogP contribution is -2.04. The lowest BCUT2D eigenvalue weighted by molar-refractivity contribution is -0.137. The maximum atomic E-state index is 11.0. The smallest absolute Gasteiger partial charge is 0.304 e. The molecule has 0 amide bonds. The molecule has 154 valence electrons. The van der Waals surface area contributed by atoms with Crippen molar-refractivity contribution in [2.24, 2.45) is 0 Å². The van der Waals surface area contributed by atoms with Gasteiger partial charge in [-0.3, -0.25) is 4.79 Å². The molecule has 0 radical (unpaired) electrons. The third kappa shape index (κ3) is 5.99. The summed E-state index contributed by atoms with van der Waals surface area (Å²) < 4.78 is 5.82. The van der Waals surface area contributed by atoms with Crippen LogP contribution >= 0.6 is 34.5 Å². The van der Waals surface area contributed by atoms with Crippen LogP contribution in [0.4, 0.5) is 0 Å². The number of carboxylic acids is 1. The molecular formula is C23H19Cl2NO3S. The number of hydrogen-bond donors (Lipinski definition) is 1. The summed E-state index contributed by atoms with van der Waals surface area (Å²) in [5, 5.41) is 13.2. The number of carboxylic acid groups (broad SMARTS) is 1. The van der Waals surface area contributed by atoms with Gasteiger partial charge in [-0.15, -0.1) is 17.3 Å². The quantitative estimate of drug-likeness (QED) is 0.407. The number of thiazole rings is 1. The van der Waals surface area contributed by atoms with Crippen LogP contribution in [0, 0.1) is 11.8 Å². The minimum Gasteiger partial charge on any atom is -0.487 e. The van der Waals surface area contributed by atoms with Crippen LogP contribution in [0.25, 0.3) is 0 Å². The number of halogens is 2. The Morgan fingerprint density at radius 2 is 1.90 bits per heavy atom. The van der Waals surface area contributed by atoms with Gasteiger partial charge in [-0.2, -0.15) is 0 Å². The van der Waals surface area contributed by atoms with E-state index < -0.39 is 5.97 Å². The van der Waals surface area contributed by atoms with E-state index in [-0.39, 0.29) is 12.3 Å². The molecule has 0 saturated heterocycles. The average molecular weight is 460 g/mol. The van der Waals surface area contributed by atoms with E-state index in [0.717, 1.165) is 21.8 Å². The maximum absolute atomic E-state index is 11.0. The first-order valence-electron chi connectivity index (χ1n) is 9.19. The Morgan fingerprint density at radius 1 is 1.20 bits per heavy atom. The van der Waals surface area contributed by atoms with Crippen LogP contribution in [-0.2, 0) is 17.8 Å². The highest BCUT2D eigenvalue weighted by molar-refractivity contribution is 7.09. The highest BCUT2D eigenvalue weighted by Crippen LogP contribution is 2.28. The number of benzene rings is 2. The Hall–Kier alpha value is -2.52. The van der Waals surface area contributed by atoms with Crippen molar-refractivity contribution < 1.29 is 14.6 Å². The Bertz CT molecular complexity index is 1060. The topological polar surface area (TPSA) is 59.4 Å². The van der Waals surface area contributed by atoms with Crippen molar-refractivity contribution in [3.63, 3.8) is 0 Å². The number of aromatic nitrogens is 1. The molecule has 3 rings (SSSR count). The van der Waals surface area contributed by atoms with Crippen LogP contribution in [0.15, 0.2) is 47.8 Å². The van der Waals surface area contributed by atoms with Crippen molar-refractivity contribution in [2.45, 2.75) is 32.3 Å². The molecule has 0 aliphatic carbocycles. The molecule has 0 saturated carbocycles. The van der Waals surface area contributed by atoms with Gasteiger partial charge < -0.3 is 9.84 Å². The van der Waals surface area contributed by atoms with Gasteiger partial charge in [0.05, 0.1) is 23.0 Å². The molecule has 0 bridgehead atoms. The van der Waals surface area contributed by atoms with Crippen LogP contribution in [0.2, 0.25) is 10.0 Å². The largest absolute Gasteiger partial charge is 0.487 e. The van der Waals surface area contributed by atoms with Crippen LogP contribution in [-0.4, -0.2) is 16.1 Å². The summed E-state index contributed by atoms with van der Waals surface area (Å²) in [7, 11) is 0. The Balaban J connectivity index is 1.61. The molecule has 4 nitrogen and oxygen atoms in total. The molecule has 1 aromatic heterocycles. The Kier molecular flexibility index (Phi) is 7.75. The van der Waals surface area contributed by atoms with E-state index in [1.165, 1.54) is 11.3 Å². The fourth-order valence-electron chi connectivity index (χ4n) is 2.90. The molecule has 2 aromatic carbocycles. The second-order valence-corrected chi connectivity index (χ2v) is 8.27. The zero-order chi connectivity index (χ0) is 21.5. The summed E-state index contributed by atoms with van der Waals surface area (Å²) in [6.07, 6.45) is 0.541. The van der Waals surface area contributed by atoms with Gasteiger partial charge in [-0.25, -0.2) is 4.98 Å². The van der Waals surface area contributed by atoms with E-state index in [4.69, 9.17) is 33.0 Å². The molecule has 1 heterocycles. The van der Waals surface area contributed by atoms with Crippen LogP contribution in [0.1, 0.15) is 41.1 Å². The Morgan fingerprint density at radius 3 is 2.53 bits per heavy atom. The van der Waals surface area contributed by atoms with Crippen LogP contribution in [0.3, 0.4) is 0 Å². The van der Waals surface area contributed by atoms with Gasteiger partial charge in [-0.1, -0.05) is 47.3 Å². The molecule has 0 fully saturated rings. The zero-order valence-corrected chi connectivity index (χ0v) is 18.5. The third-order valence-corrected chi connectivity index (χ3v) is 5.96. The van der Waals surface area contributed by atoms with Crippen molar-refractivity contribution in [2.75, 3.05) is 0 Å². The molecule has 0 aliphatic rings. The van der Waals surface area contributed by atoms with Crippen LogP contribution in [0.5, 0.6) is 5.75 Å². The molecular weight excluding hydrogens is 441 g/mol. The van der Waals surface area contributed by atoms with Gasteiger partial charge in [-0.05, 0) is 42.3 Å². The van der Waals surface area contributed by atoms with E-state index >= 15 is 0 Å². The normalized spacial score (nSPS) is 11.4. The lowest BCUT2D eigenvalue weighted by atomic mass is 9.96. The van der Waals surface area contributed by atoms with Gasteiger partial charge >= 0.3 is 5.97 Å². The fraction of sp³-hybridized carbons (Fsp3) is 0.217. The van der Waals surface area contributed by atoms with Crippen molar-refractivity contribution in [3.05, 3.63) is 79.7 Å². The number of carbonyl (C=O) groups is 1. The fourth-order valence-corrected chi connectivity index (χ4v) is 4.23. The van der Waals surface area contributed by atoms with Crippen molar-refractivity contribution in [1.29, 1.82) is 0 Å². The molecule has 1 N–H and O–H groups in total. The molecule has 30 heavy (non-hydrogen) atoms. The lowest BCUT2D eigenvalue weighted by Gasteiger charge is -2.10. The number of aliphatic carboxylic acids is 1. The molecule has 3 aromatic rings. The summed E-state index contributed by atoms with van der Waals surface area (Å²) in [5.41, 5.74) is 2.54. The summed E-state index contributed by atoms with van der Waals surface area (Å²) in [4.78, 5) is 15.6. The first-order valence-corrected chi connectivity index (χ1v) is 10.8. The van der Waals surface area contributed by atoms with E-state index in [2.05, 4.69) is 16.8 Å². The highest BCUT2D eigenvalue weighted by Gasteiger charge is 2.13. The zero-order valence-electron chi connectivity index (χ0n) is 16.2. The van der Waals surface area contributed by atoms with E-state index in [1.54, 1.807) is 6.92 Å².